The van der Waals surface area contributed by atoms with Gasteiger partial charge in [0.2, 0.25) is 5.91 Å². The third-order valence-corrected chi connectivity index (χ3v) is 5.44. The molecule has 1 aliphatic rings. The van der Waals surface area contributed by atoms with Crippen molar-refractivity contribution in [1.82, 2.24) is 4.90 Å². The maximum atomic E-state index is 13.1. The standard InChI is InChI=1S/C22H27FN2O3/c1-15-13-17(3-8-20(15)24-16(2)26)21(27)14-25-11-9-22(28,10-12-25)18-4-6-19(23)7-5-18/h3-8,13,21,27-28H,9-12,14H2,1-2H3,(H,24,26). The fraction of sp³-hybridized carbons (Fsp3) is 0.409. The van der Waals surface area contributed by atoms with Crippen LogP contribution in [-0.2, 0) is 10.4 Å². The van der Waals surface area contributed by atoms with E-state index in [-0.39, 0.29) is 11.7 Å². The molecule has 1 saturated heterocycles. The molecule has 1 atom stereocenters. The van der Waals surface area contributed by atoms with Crippen molar-refractivity contribution >= 4 is 11.6 Å². The molecule has 6 heteroatoms. The van der Waals surface area contributed by atoms with E-state index in [0.29, 0.717) is 32.5 Å². The first kappa shape index (κ1) is 20.5. The molecule has 1 fully saturated rings. The lowest BCUT2D eigenvalue weighted by Gasteiger charge is -2.39. The Balaban J connectivity index is 1.59. The number of piperidine rings is 1. The zero-order chi connectivity index (χ0) is 20.3. The first-order valence-corrected chi connectivity index (χ1v) is 9.54. The van der Waals surface area contributed by atoms with Crippen molar-refractivity contribution in [1.29, 1.82) is 0 Å². The zero-order valence-electron chi connectivity index (χ0n) is 16.3. The number of nitrogens with zero attached hydrogens (tertiary/aromatic N) is 1. The predicted octanol–water partition coefficient (Wildman–Crippen LogP) is 3.11. The van der Waals surface area contributed by atoms with Crippen LogP contribution in [0.2, 0.25) is 0 Å². The Morgan fingerprint density at radius 1 is 1.21 bits per heavy atom. The number of benzene rings is 2. The van der Waals surface area contributed by atoms with Crippen LogP contribution in [0.25, 0.3) is 0 Å². The monoisotopic (exact) mass is 386 g/mol. The van der Waals surface area contributed by atoms with Gasteiger partial charge in [0.15, 0.2) is 0 Å². The predicted molar refractivity (Wildman–Crippen MR) is 106 cm³/mol. The van der Waals surface area contributed by atoms with Gasteiger partial charge in [0.1, 0.15) is 5.82 Å². The van der Waals surface area contributed by atoms with Crippen LogP contribution >= 0.6 is 0 Å². The van der Waals surface area contributed by atoms with Crippen molar-refractivity contribution < 1.29 is 19.4 Å². The highest BCUT2D eigenvalue weighted by Crippen LogP contribution is 2.33. The smallest absolute Gasteiger partial charge is 0.221 e. The van der Waals surface area contributed by atoms with E-state index in [1.54, 1.807) is 18.2 Å². The summed E-state index contributed by atoms with van der Waals surface area (Å²) in [5.74, 6) is -0.439. The minimum atomic E-state index is -0.953. The van der Waals surface area contributed by atoms with Crippen molar-refractivity contribution in [3.05, 3.63) is 65.0 Å². The van der Waals surface area contributed by atoms with Crippen molar-refractivity contribution in [3.8, 4) is 0 Å². The molecule has 0 saturated carbocycles. The second-order valence-electron chi connectivity index (χ2n) is 7.61. The highest BCUT2D eigenvalue weighted by molar-refractivity contribution is 5.89. The molecule has 2 aromatic rings. The number of aliphatic hydroxyl groups is 2. The topological polar surface area (TPSA) is 72.8 Å². The summed E-state index contributed by atoms with van der Waals surface area (Å²) in [4.78, 5) is 13.3. The number of aliphatic hydroxyl groups excluding tert-OH is 1. The van der Waals surface area contributed by atoms with Crippen molar-refractivity contribution in [3.63, 3.8) is 0 Å². The minimum absolute atomic E-state index is 0.127. The first-order chi connectivity index (χ1) is 13.3. The molecule has 5 nitrogen and oxygen atoms in total. The van der Waals surface area contributed by atoms with E-state index in [4.69, 9.17) is 0 Å². The summed E-state index contributed by atoms with van der Waals surface area (Å²) < 4.78 is 13.1. The van der Waals surface area contributed by atoms with Crippen LogP contribution in [0.4, 0.5) is 10.1 Å². The summed E-state index contributed by atoms with van der Waals surface area (Å²) in [7, 11) is 0. The molecule has 0 aliphatic carbocycles. The Morgan fingerprint density at radius 3 is 2.43 bits per heavy atom. The van der Waals surface area contributed by atoms with Gasteiger partial charge in [0.25, 0.3) is 0 Å². The third-order valence-electron chi connectivity index (χ3n) is 5.44. The van der Waals surface area contributed by atoms with Gasteiger partial charge in [-0.25, -0.2) is 4.39 Å². The zero-order valence-corrected chi connectivity index (χ0v) is 16.3. The van der Waals surface area contributed by atoms with Crippen LogP contribution in [0.5, 0.6) is 0 Å². The van der Waals surface area contributed by atoms with Crippen LogP contribution in [0.1, 0.15) is 42.6 Å². The summed E-state index contributed by atoms with van der Waals surface area (Å²) in [5, 5.41) is 24.3. The van der Waals surface area contributed by atoms with Crippen LogP contribution in [0.3, 0.4) is 0 Å². The molecule has 1 heterocycles. The molecule has 0 radical (unpaired) electrons. The molecule has 3 N–H and O–H groups in total. The van der Waals surface area contributed by atoms with E-state index in [9.17, 15) is 19.4 Å². The molecule has 150 valence electrons. The Bertz CT molecular complexity index is 830. The molecule has 2 aromatic carbocycles. The quantitative estimate of drug-likeness (QED) is 0.738. The highest BCUT2D eigenvalue weighted by Gasteiger charge is 2.34. The molecule has 0 aromatic heterocycles. The SMILES string of the molecule is CC(=O)Nc1ccc(C(O)CN2CCC(O)(c3ccc(F)cc3)CC2)cc1C. The molecular formula is C22H27FN2O3. The number of carbonyl (C=O) groups is 1. The van der Waals surface area contributed by atoms with Gasteiger partial charge in [-0.1, -0.05) is 24.3 Å². The molecule has 1 unspecified atom stereocenters. The average molecular weight is 386 g/mol. The van der Waals surface area contributed by atoms with E-state index in [1.807, 2.05) is 19.1 Å². The Hall–Kier alpha value is -2.28. The Labute approximate surface area is 164 Å². The third kappa shape index (κ3) is 4.76. The van der Waals surface area contributed by atoms with Crippen LogP contribution in [0.15, 0.2) is 42.5 Å². The summed E-state index contributed by atoms with van der Waals surface area (Å²) >= 11 is 0. The number of hydrogen-bond donors (Lipinski definition) is 3. The van der Waals surface area contributed by atoms with Crippen LogP contribution in [-0.4, -0.2) is 40.7 Å². The summed E-state index contributed by atoms with van der Waals surface area (Å²) in [6.45, 7) is 5.12. The number of anilines is 1. The molecular weight excluding hydrogens is 359 g/mol. The van der Waals surface area contributed by atoms with Crippen LogP contribution in [0, 0.1) is 12.7 Å². The van der Waals surface area contributed by atoms with E-state index < -0.39 is 11.7 Å². The number of rotatable bonds is 5. The largest absolute Gasteiger partial charge is 0.387 e. The Morgan fingerprint density at radius 2 is 1.86 bits per heavy atom. The highest BCUT2D eigenvalue weighted by atomic mass is 19.1. The minimum Gasteiger partial charge on any atom is -0.387 e. The van der Waals surface area contributed by atoms with E-state index in [0.717, 1.165) is 22.4 Å². The summed E-state index contributed by atoms with van der Waals surface area (Å²) in [6.07, 6.45) is 0.416. The van der Waals surface area contributed by atoms with Gasteiger partial charge in [-0.2, -0.15) is 0 Å². The number of amides is 1. The number of nitrogens with one attached hydrogen (secondary N) is 1. The first-order valence-electron chi connectivity index (χ1n) is 9.54. The summed E-state index contributed by atoms with van der Waals surface area (Å²) in [6, 6.07) is 11.5. The fourth-order valence-electron chi connectivity index (χ4n) is 3.73. The number of carbonyl (C=O) groups excluding carboxylic acids is 1. The molecule has 1 amide bonds. The van der Waals surface area contributed by atoms with E-state index in [2.05, 4.69) is 10.2 Å². The van der Waals surface area contributed by atoms with Gasteiger partial charge in [-0.15, -0.1) is 0 Å². The number of likely N-dealkylation sites (tertiary alicyclic amines) is 1. The maximum absolute atomic E-state index is 13.1. The van der Waals surface area contributed by atoms with Crippen LogP contribution < -0.4 is 5.32 Å². The van der Waals surface area contributed by atoms with Gasteiger partial charge >= 0.3 is 0 Å². The summed E-state index contributed by atoms with van der Waals surface area (Å²) in [5.41, 5.74) is 2.22. The lowest BCUT2D eigenvalue weighted by molar-refractivity contribution is -0.114. The number of β-amino-alcohol motifs (C(OH)–C–C–N with tert-alkyl or cyclic N) is 1. The Kier molecular flexibility index (Phi) is 6.13. The number of hydrogen-bond acceptors (Lipinski definition) is 4. The number of aryl methyl sites for hydroxylation is 1. The molecule has 0 spiro atoms. The van der Waals surface area contributed by atoms with Gasteiger partial charge in [-0.3, -0.25) is 4.79 Å². The fourth-order valence-corrected chi connectivity index (χ4v) is 3.73. The second-order valence-corrected chi connectivity index (χ2v) is 7.61. The maximum Gasteiger partial charge on any atom is 0.221 e. The number of halogens is 1. The normalized spacial score (nSPS) is 17.9. The van der Waals surface area contributed by atoms with Crippen molar-refractivity contribution in [2.45, 2.75) is 38.4 Å². The second kappa shape index (κ2) is 8.39. The molecule has 3 rings (SSSR count). The van der Waals surface area contributed by atoms with Gasteiger partial charge in [0.05, 0.1) is 11.7 Å². The van der Waals surface area contributed by atoms with Gasteiger partial charge in [-0.05, 0) is 54.7 Å². The molecule has 28 heavy (non-hydrogen) atoms. The van der Waals surface area contributed by atoms with E-state index >= 15 is 0 Å². The van der Waals surface area contributed by atoms with Gasteiger partial charge in [0, 0.05) is 32.2 Å². The molecule has 1 aliphatic heterocycles. The van der Waals surface area contributed by atoms with E-state index in [1.165, 1.54) is 19.1 Å². The van der Waals surface area contributed by atoms with Crippen molar-refractivity contribution in [2.24, 2.45) is 0 Å². The lowest BCUT2D eigenvalue weighted by atomic mass is 9.84. The average Bonchev–Trinajstić information content (AvgIpc) is 2.65. The lowest BCUT2D eigenvalue weighted by Crippen LogP contribution is -2.44. The van der Waals surface area contributed by atoms with Gasteiger partial charge < -0.3 is 20.4 Å². The molecule has 0 bridgehead atoms. The van der Waals surface area contributed by atoms with Crippen molar-refractivity contribution in [2.75, 3.05) is 25.0 Å².